The number of aromatic nitrogens is 1. The van der Waals surface area contributed by atoms with Crippen molar-refractivity contribution in [1.29, 1.82) is 0 Å². The van der Waals surface area contributed by atoms with Crippen LogP contribution >= 0.6 is 22.9 Å². The lowest BCUT2D eigenvalue weighted by atomic mass is 10.4. The van der Waals surface area contributed by atoms with E-state index in [1.807, 2.05) is 0 Å². The van der Waals surface area contributed by atoms with E-state index in [0.717, 1.165) is 28.4 Å². The second-order valence-electron chi connectivity index (χ2n) is 3.13. The molecule has 0 unspecified atom stereocenters. The zero-order chi connectivity index (χ0) is 8.39. The SMILES string of the molecule is Clc1cnc(CNCC2CC2)s1. The molecule has 0 spiro atoms. The summed E-state index contributed by atoms with van der Waals surface area (Å²) in [6.07, 6.45) is 4.50. The van der Waals surface area contributed by atoms with Crippen LogP contribution in [0.15, 0.2) is 6.20 Å². The summed E-state index contributed by atoms with van der Waals surface area (Å²) in [5.41, 5.74) is 0. The van der Waals surface area contributed by atoms with Crippen LogP contribution in [0.5, 0.6) is 0 Å². The minimum Gasteiger partial charge on any atom is -0.310 e. The van der Waals surface area contributed by atoms with Crippen LogP contribution in [0, 0.1) is 5.92 Å². The first-order chi connectivity index (χ1) is 5.84. The molecule has 1 N–H and O–H groups in total. The molecule has 12 heavy (non-hydrogen) atoms. The summed E-state index contributed by atoms with van der Waals surface area (Å²) in [5, 5.41) is 4.45. The van der Waals surface area contributed by atoms with E-state index in [1.165, 1.54) is 12.8 Å². The van der Waals surface area contributed by atoms with Gasteiger partial charge in [-0.2, -0.15) is 0 Å². The predicted molar refractivity (Wildman–Crippen MR) is 51.6 cm³/mol. The summed E-state index contributed by atoms with van der Waals surface area (Å²) in [4.78, 5) is 4.16. The Balaban J connectivity index is 1.71. The second-order valence-corrected chi connectivity index (χ2v) is 4.88. The molecule has 0 bridgehead atoms. The maximum Gasteiger partial charge on any atom is 0.113 e. The Labute approximate surface area is 81.0 Å². The first-order valence-corrected chi connectivity index (χ1v) is 5.35. The molecule has 0 saturated heterocycles. The standard InChI is InChI=1S/C8H11ClN2S/c9-7-4-11-8(12-7)5-10-3-6-1-2-6/h4,6,10H,1-3,5H2. The number of halogens is 1. The third kappa shape index (κ3) is 2.44. The van der Waals surface area contributed by atoms with Gasteiger partial charge in [-0.1, -0.05) is 11.6 Å². The van der Waals surface area contributed by atoms with Crippen LogP contribution in [0.2, 0.25) is 4.34 Å². The van der Waals surface area contributed by atoms with Crippen LogP contribution in [-0.2, 0) is 6.54 Å². The molecule has 1 aromatic heterocycles. The van der Waals surface area contributed by atoms with Gasteiger partial charge < -0.3 is 5.32 Å². The van der Waals surface area contributed by atoms with E-state index < -0.39 is 0 Å². The Morgan fingerprint density at radius 2 is 2.50 bits per heavy atom. The molecular formula is C8H11ClN2S. The highest BCUT2D eigenvalue weighted by atomic mass is 35.5. The quantitative estimate of drug-likeness (QED) is 0.811. The van der Waals surface area contributed by atoms with Gasteiger partial charge >= 0.3 is 0 Å². The van der Waals surface area contributed by atoms with Crippen molar-refractivity contribution in [2.24, 2.45) is 5.92 Å². The molecule has 66 valence electrons. The topological polar surface area (TPSA) is 24.9 Å². The van der Waals surface area contributed by atoms with Crippen LogP contribution in [0.3, 0.4) is 0 Å². The highest BCUT2D eigenvalue weighted by molar-refractivity contribution is 7.15. The molecule has 1 aromatic rings. The van der Waals surface area contributed by atoms with Crippen molar-refractivity contribution in [1.82, 2.24) is 10.3 Å². The van der Waals surface area contributed by atoms with Crippen molar-refractivity contribution in [3.8, 4) is 0 Å². The number of hydrogen-bond acceptors (Lipinski definition) is 3. The molecule has 0 radical (unpaired) electrons. The van der Waals surface area contributed by atoms with Crippen molar-refractivity contribution in [3.63, 3.8) is 0 Å². The maximum atomic E-state index is 5.74. The molecule has 0 aromatic carbocycles. The van der Waals surface area contributed by atoms with Gasteiger partial charge in [0, 0.05) is 6.54 Å². The third-order valence-corrected chi connectivity index (χ3v) is 3.05. The fourth-order valence-corrected chi connectivity index (χ4v) is 2.00. The molecule has 2 nitrogen and oxygen atoms in total. The summed E-state index contributed by atoms with van der Waals surface area (Å²) in [7, 11) is 0. The molecule has 1 aliphatic carbocycles. The van der Waals surface area contributed by atoms with E-state index in [2.05, 4.69) is 10.3 Å². The Bertz CT molecular complexity index is 257. The predicted octanol–water partition coefficient (Wildman–Crippen LogP) is 2.30. The molecule has 0 atom stereocenters. The molecule has 0 amide bonds. The molecular weight excluding hydrogens is 192 g/mol. The van der Waals surface area contributed by atoms with Crippen LogP contribution in [0.1, 0.15) is 17.8 Å². The third-order valence-electron chi connectivity index (χ3n) is 1.93. The number of rotatable bonds is 4. The second kappa shape index (κ2) is 3.73. The zero-order valence-electron chi connectivity index (χ0n) is 6.72. The van der Waals surface area contributed by atoms with E-state index in [1.54, 1.807) is 17.5 Å². The summed E-state index contributed by atoms with van der Waals surface area (Å²) in [6, 6.07) is 0. The van der Waals surface area contributed by atoms with Crippen molar-refractivity contribution < 1.29 is 0 Å². The van der Waals surface area contributed by atoms with Crippen molar-refractivity contribution in [3.05, 3.63) is 15.5 Å². The Hall–Kier alpha value is -0.120. The first-order valence-electron chi connectivity index (χ1n) is 4.15. The van der Waals surface area contributed by atoms with Crippen LogP contribution in [-0.4, -0.2) is 11.5 Å². The minimum absolute atomic E-state index is 0.776. The van der Waals surface area contributed by atoms with E-state index in [-0.39, 0.29) is 0 Å². The van der Waals surface area contributed by atoms with Gasteiger partial charge in [0.15, 0.2) is 0 Å². The lowest BCUT2D eigenvalue weighted by molar-refractivity contribution is 0.637. The van der Waals surface area contributed by atoms with Crippen molar-refractivity contribution in [2.75, 3.05) is 6.54 Å². The van der Waals surface area contributed by atoms with E-state index in [9.17, 15) is 0 Å². The fourth-order valence-electron chi connectivity index (χ4n) is 1.07. The van der Waals surface area contributed by atoms with Gasteiger partial charge in [0.1, 0.15) is 9.34 Å². The van der Waals surface area contributed by atoms with Gasteiger partial charge in [-0.15, -0.1) is 11.3 Å². The Kier molecular flexibility index (Phi) is 2.63. The smallest absolute Gasteiger partial charge is 0.113 e. The number of nitrogens with zero attached hydrogens (tertiary/aromatic N) is 1. The zero-order valence-corrected chi connectivity index (χ0v) is 8.29. The maximum absolute atomic E-state index is 5.74. The van der Waals surface area contributed by atoms with Crippen LogP contribution < -0.4 is 5.32 Å². The molecule has 0 aliphatic heterocycles. The number of thiazole rings is 1. The highest BCUT2D eigenvalue weighted by Gasteiger charge is 2.20. The average Bonchev–Trinajstić information content (AvgIpc) is 2.76. The van der Waals surface area contributed by atoms with Gasteiger partial charge in [-0.3, -0.25) is 0 Å². The molecule has 1 fully saturated rings. The van der Waals surface area contributed by atoms with Gasteiger partial charge in [0.05, 0.1) is 6.20 Å². The Morgan fingerprint density at radius 3 is 3.08 bits per heavy atom. The van der Waals surface area contributed by atoms with E-state index in [4.69, 9.17) is 11.6 Å². The van der Waals surface area contributed by atoms with Gasteiger partial charge in [0.25, 0.3) is 0 Å². The summed E-state index contributed by atoms with van der Waals surface area (Å²) >= 11 is 7.29. The highest BCUT2D eigenvalue weighted by Crippen LogP contribution is 2.27. The van der Waals surface area contributed by atoms with Gasteiger partial charge in [0.2, 0.25) is 0 Å². The molecule has 1 aliphatic rings. The molecule has 1 heterocycles. The normalized spacial score (nSPS) is 16.8. The lowest BCUT2D eigenvalue weighted by Gasteiger charge is -1.98. The minimum atomic E-state index is 0.776. The van der Waals surface area contributed by atoms with E-state index >= 15 is 0 Å². The van der Waals surface area contributed by atoms with Gasteiger partial charge in [-0.25, -0.2) is 4.98 Å². The Morgan fingerprint density at radius 1 is 1.67 bits per heavy atom. The number of nitrogens with one attached hydrogen (secondary N) is 1. The van der Waals surface area contributed by atoms with E-state index in [0.29, 0.717) is 0 Å². The van der Waals surface area contributed by atoms with Gasteiger partial charge in [-0.05, 0) is 25.3 Å². The van der Waals surface area contributed by atoms with Crippen LogP contribution in [0.25, 0.3) is 0 Å². The van der Waals surface area contributed by atoms with Crippen molar-refractivity contribution in [2.45, 2.75) is 19.4 Å². The average molecular weight is 203 g/mol. The van der Waals surface area contributed by atoms with Crippen molar-refractivity contribution >= 4 is 22.9 Å². The largest absolute Gasteiger partial charge is 0.310 e. The van der Waals surface area contributed by atoms with Crippen LogP contribution in [0.4, 0.5) is 0 Å². The fraction of sp³-hybridized carbons (Fsp3) is 0.625. The summed E-state index contributed by atoms with van der Waals surface area (Å²) in [5.74, 6) is 0.931. The molecule has 4 heteroatoms. The summed E-state index contributed by atoms with van der Waals surface area (Å²) in [6.45, 7) is 2.01. The summed E-state index contributed by atoms with van der Waals surface area (Å²) < 4.78 is 0.776. The lowest BCUT2D eigenvalue weighted by Crippen LogP contribution is -2.15. The monoisotopic (exact) mass is 202 g/mol. The molecule has 1 saturated carbocycles. The number of hydrogen-bond donors (Lipinski definition) is 1. The molecule has 2 rings (SSSR count). The first kappa shape index (κ1) is 8.48.